The molecule has 1 heterocycles. The summed E-state index contributed by atoms with van der Waals surface area (Å²) in [6.07, 6.45) is 0.200. The minimum absolute atomic E-state index is 0.495. The molecule has 1 atom stereocenters. The van der Waals surface area contributed by atoms with Crippen molar-refractivity contribution < 1.29 is 14.6 Å². The molecule has 24 heavy (non-hydrogen) atoms. The van der Waals surface area contributed by atoms with Crippen LogP contribution in [0.1, 0.15) is 30.6 Å². The third kappa shape index (κ3) is 4.28. The van der Waals surface area contributed by atoms with E-state index in [1.165, 1.54) is 5.56 Å². The smallest absolute Gasteiger partial charge is 0.161 e. The third-order valence-corrected chi connectivity index (χ3v) is 4.37. The zero-order chi connectivity index (χ0) is 16.8. The number of rotatable bonds is 7. The van der Waals surface area contributed by atoms with Gasteiger partial charge in [-0.2, -0.15) is 0 Å². The summed E-state index contributed by atoms with van der Waals surface area (Å²) in [5.74, 6) is 1.49. The minimum atomic E-state index is -0.495. The van der Waals surface area contributed by atoms with Gasteiger partial charge in [-0.05, 0) is 36.2 Å². The average molecular weight is 327 g/mol. The van der Waals surface area contributed by atoms with Crippen molar-refractivity contribution in [2.75, 3.05) is 26.3 Å². The summed E-state index contributed by atoms with van der Waals surface area (Å²) in [6.45, 7) is 6.02. The molecular weight excluding hydrogens is 302 g/mol. The van der Waals surface area contributed by atoms with Gasteiger partial charge in [-0.25, -0.2) is 0 Å². The highest BCUT2D eigenvalue weighted by Crippen LogP contribution is 2.33. The van der Waals surface area contributed by atoms with Gasteiger partial charge in [0.15, 0.2) is 11.5 Å². The second-order valence-corrected chi connectivity index (χ2v) is 6.06. The summed E-state index contributed by atoms with van der Waals surface area (Å²) in [4.78, 5) is 2.34. The van der Waals surface area contributed by atoms with Gasteiger partial charge in [0, 0.05) is 13.1 Å². The first-order valence-electron chi connectivity index (χ1n) is 8.60. The lowest BCUT2D eigenvalue weighted by atomic mass is 10.1. The second kappa shape index (κ2) is 8.18. The van der Waals surface area contributed by atoms with Crippen LogP contribution in [0.5, 0.6) is 11.5 Å². The van der Waals surface area contributed by atoms with Crippen LogP contribution in [0, 0.1) is 0 Å². The largest absolute Gasteiger partial charge is 0.486 e. The van der Waals surface area contributed by atoms with Crippen LogP contribution in [0.2, 0.25) is 0 Å². The zero-order valence-corrected chi connectivity index (χ0v) is 14.1. The number of hydrogen-bond acceptors (Lipinski definition) is 4. The molecule has 0 amide bonds. The highest BCUT2D eigenvalue weighted by atomic mass is 16.6. The van der Waals surface area contributed by atoms with Crippen molar-refractivity contribution in [1.29, 1.82) is 0 Å². The van der Waals surface area contributed by atoms with Crippen molar-refractivity contribution in [2.24, 2.45) is 0 Å². The van der Waals surface area contributed by atoms with Crippen LogP contribution < -0.4 is 9.47 Å². The number of aliphatic hydroxyl groups is 1. The topological polar surface area (TPSA) is 41.9 Å². The van der Waals surface area contributed by atoms with Gasteiger partial charge < -0.3 is 14.6 Å². The Morgan fingerprint density at radius 3 is 2.54 bits per heavy atom. The fourth-order valence-electron chi connectivity index (χ4n) is 2.93. The maximum atomic E-state index is 10.5. The number of ether oxygens (including phenoxy) is 2. The number of aliphatic hydroxyl groups excluding tert-OH is 1. The Morgan fingerprint density at radius 2 is 1.79 bits per heavy atom. The Morgan fingerprint density at radius 1 is 1.04 bits per heavy atom. The molecule has 2 aromatic rings. The van der Waals surface area contributed by atoms with Crippen LogP contribution in [0.4, 0.5) is 0 Å². The molecule has 0 fully saturated rings. The monoisotopic (exact) mass is 327 g/mol. The van der Waals surface area contributed by atoms with Gasteiger partial charge >= 0.3 is 0 Å². The van der Waals surface area contributed by atoms with Gasteiger partial charge in [0.1, 0.15) is 13.2 Å². The van der Waals surface area contributed by atoms with Crippen LogP contribution in [0.15, 0.2) is 48.5 Å². The van der Waals surface area contributed by atoms with E-state index < -0.39 is 6.10 Å². The number of fused-ring (bicyclic) bond motifs is 1. The molecule has 0 aliphatic carbocycles. The molecule has 1 aliphatic rings. The molecule has 0 radical (unpaired) electrons. The molecule has 0 saturated carbocycles. The second-order valence-electron chi connectivity index (χ2n) is 6.06. The Balaban J connectivity index is 1.56. The number of nitrogens with zero attached hydrogens (tertiary/aromatic N) is 1. The summed E-state index contributed by atoms with van der Waals surface area (Å²) >= 11 is 0. The predicted octanol–water partition coefficient (Wildman–Crippen LogP) is 3.40. The molecular formula is C20H25NO3. The highest BCUT2D eigenvalue weighted by molar-refractivity contribution is 5.44. The summed E-state index contributed by atoms with van der Waals surface area (Å²) in [6, 6.07) is 16.1. The highest BCUT2D eigenvalue weighted by Gasteiger charge is 2.16. The van der Waals surface area contributed by atoms with E-state index in [0.717, 1.165) is 36.7 Å². The van der Waals surface area contributed by atoms with Gasteiger partial charge in [-0.1, -0.05) is 43.3 Å². The summed E-state index contributed by atoms with van der Waals surface area (Å²) in [5, 5.41) is 10.5. The molecule has 3 rings (SSSR count). The number of benzene rings is 2. The molecule has 128 valence electrons. The van der Waals surface area contributed by atoms with E-state index in [1.54, 1.807) is 0 Å². The standard InChI is InChI=1S/C20H25NO3/c1-2-21(15-16-6-4-3-5-7-16)11-10-18(22)17-8-9-19-20(14-17)24-13-12-23-19/h3-9,14,18,22H,2,10-13,15H2,1H3. The van der Waals surface area contributed by atoms with E-state index in [4.69, 9.17) is 9.47 Å². The normalized spacial score (nSPS) is 14.6. The van der Waals surface area contributed by atoms with E-state index in [1.807, 2.05) is 24.3 Å². The first kappa shape index (κ1) is 16.8. The average Bonchev–Trinajstić information content (AvgIpc) is 2.65. The van der Waals surface area contributed by atoms with Crippen molar-refractivity contribution >= 4 is 0 Å². The maximum Gasteiger partial charge on any atom is 0.161 e. The van der Waals surface area contributed by atoms with Crippen LogP contribution in [0.25, 0.3) is 0 Å². The Kier molecular flexibility index (Phi) is 5.72. The minimum Gasteiger partial charge on any atom is -0.486 e. The predicted molar refractivity (Wildman–Crippen MR) is 94.4 cm³/mol. The van der Waals surface area contributed by atoms with Gasteiger partial charge in [-0.3, -0.25) is 4.90 Å². The molecule has 0 saturated heterocycles. The Hall–Kier alpha value is -2.04. The molecule has 2 aromatic carbocycles. The van der Waals surface area contributed by atoms with Crippen LogP contribution in [-0.2, 0) is 6.54 Å². The molecule has 0 aromatic heterocycles. The van der Waals surface area contributed by atoms with Crippen molar-refractivity contribution in [3.63, 3.8) is 0 Å². The summed E-state index contributed by atoms with van der Waals surface area (Å²) in [7, 11) is 0. The van der Waals surface area contributed by atoms with Crippen molar-refractivity contribution in [3.8, 4) is 11.5 Å². The first-order valence-corrected chi connectivity index (χ1v) is 8.60. The maximum absolute atomic E-state index is 10.5. The Bertz CT molecular complexity index is 645. The zero-order valence-electron chi connectivity index (χ0n) is 14.1. The molecule has 1 unspecified atom stereocenters. The van der Waals surface area contributed by atoms with E-state index in [2.05, 4.69) is 36.1 Å². The molecule has 1 N–H and O–H groups in total. The molecule has 4 heteroatoms. The molecule has 0 spiro atoms. The molecule has 0 bridgehead atoms. The lowest BCUT2D eigenvalue weighted by Crippen LogP contribution is -2.25. The SMILES string of the molecule is CCN(CCC(O)c1ccc2c(c1)OCCO2)Cc1ccccc1. The fraction of sp³-hybridized carbons (Fsp3) is 0.400. The Labute approximate surface area is 143 Å². The fourth-order valence-corrected chi connectivity index (χ4v) is 2.93. The number of hydrogen-bond donors (Lipinski definition) is 1. The van der Waals surface area contributed by atoms with Gasteiger partial charge in [0.25, 0.3) is 0 Å². The molecule has 4 nitrogen and oxygen atoms in total. The van der Waals surface area contributed by atoms with Crippen LogP contribution in [-0.4, -0.2) is 36.3 Å². The van der Waals surface area contributed by atoms with Crippen LogP contribution in [0.3, 0.4) is 0 Å². The summed E-state index contributed by atoms with van der Waals surface area (Å²) < 4.78 is 11.1. The van der Waals surface area contributed by atoms with Crippen molar-refractivity contribution in [3.05, 3.63) is 59.7 Å². The van der Waals surface area contributed by atoms with E-state index >= 15 is 0 Å². The third-order valence-electron chi connectivity index (χ3n) is 4.37. The van der Waals surface area contributed by atoms with Gasteiger partial charge in [0.2, 0.25) is 0 Å². The van der Waals surface area contributed by atoms with E-state index in [9.17, 15) is 5.11 Å². The van der Waals surface area contributed by atoms with Crippen molar-refractivity contribution in [1.82, 2.24) is 4.90 Å². The van der Waals surface area contributed by atoms with Crippen molar-refractivity contribution in [2.45, 2.75) is 26.0 Å². The van der Waals surface area contributed by atoms with E-state index in [0.29, 0.717) is 19.6 Å². The van der Waals surface area contributed by atoms with E-state index in [-0.39, 0.29) is 0 Å². The quantitative estimate of drug-likeness (QED) is 0.846. The van der Waals surface area contributed by atoms with Gasteiger partial charge in [0.05, 0.1) is 6.10 Å². The van der Waals surface area contributed by atoms with Crippen LogP contribution >= 0.6 is 0 Å². The van der Waals surface area contributed by atoms with Gasteiger partial charge in [-0.15, -0.1) is 0 Å². The lowest BCUT2D eigenvalue weighted by molar-refractivity contribution is 0.139. The first-order chi connectivity index (χ1) is 11.8. The lowest BCUT2D eigenvalue weighted by Gasteiger charge is -2.23. The molecule has 1 aliphatic heterocycles. The summed E-state index contributed by atoms with van der Waals surface area (Å²) in [5.41, 5.74) is 2.18.